The molecule has 0 saturated carbocycles. The summed E-state index contributed by atoms with van der Waals surface area (Å²) < 4.78 is 16.9. The maximum Gasteiger partial charge on any atom is 0.314 e. The van der Waals surface area contributed by atoms with Crippen LogP contribution in [0.5, 0.6) is 0 Å². The molecule has 6 nitrogen and oxygen atoms in total. The van der Waals surface area contributed by atoms with Crippen molar-refractivity contribution in [3.8, 4) is 0 Å². The zero-order valence-electron chi connectivity index (χ0n) is 15.4. The van der Waals surface area contributed by atoms with E-state index in [-0.39, 0.29) is 11.7 Å². The lowest BCUT2D eigenvalue weighted by molar-refractivity contribution is -0.719. The van der Waals surface area contributed by atoms with Gasteiger partial charge < -0.3 is 19.0 Å². The van der Waals surface area contributed by atoms with Crippen LogP contribution in [0.4, 0.5) is 0 Å². The number of hydrogen-bond acceptors (Lipinski definition) is 5. The first-order valence-electron chi connectivity index (χ1n) is 9.23. The van der Waals surface area contributed by atoms with Gasteiger partial charge in [-0.05, 0) is 13.3 Å². The van der Waals surface area contributed by atoms with Gasteiger partial charge in [-0.15, -0.1) is 0 Å². The van der Waals surface area contributed by atoms with Crippen molar-refractivity contribution in [2.45, 2.75) is 46.0 Å². The summed E-state index contributed by atoms with van der Waals surface area (Å²) >= 11 is 0. The van der Waals surface area contributed by atoms with Gasteiger partial charge in [0.05, 0.1) is 46.0 Å². The van der Waals surface area contributed by atoms with Gasteiger partial charge in [-0.1, -0.05) is 13.3 Å². The minimum atomic E-state index is 0.0856. The zero-order valence-corrected chi connectivity index (χ0v) is 15.4. The van der Waals surface area contributed by atoms with Gasteiger partial charge in [0, 0.05) is 19.4 Å². The van der Waals surface area contributed by atoms with Gasteiger partial charge in [-0.25, -0.2) is 4.79 Å². The molecule has 0 atom stereocenters. The number of rotatable bonds is 16. The number of ketones is 1. The van der Waals surface area contributed by atoms with Crippen molar-refractivity contribution in [1.29, 1.82) is 0 Å². The number of unbranched alkanes of at least 4 members (excludes halogenated alkanes) is 1. The molecule has 1 aliphatic heterocycles. The molecular formula is C18H34NO5+. The van der Waals surface area contributed by atoms with Crippen molar-refractivity contribution in [1.82, 2.24) is 0 Å². The topological polar surface area (TPSA) is 61.8 Å². The Balaban J connectivity index is 1.90. The fourth-order valence-electron chi connectivity index (χ4n) is 2.50. The molecule has 24 heavy (non-hydrogen) atoms. The van der Waals surface area contributed by atoms with E-state index in [1.807, 2.05) is 0 Å². The summed E-state index contributed by atoms with van der Waals surface area (Å²) in [5, 5.41) is 0. The van der Waals surface area contributed by atoms with Crippen LogP contribution in [-0.4, -0.2) is 75.4 Å². The van der Waals surface area contributed by atoms with Crippen molar-refractivity contribution in [2.24, 2.45) is 0 Å². The molecule has 0 aromatic heterocycles. The Labute approximate surface area is 146 Å². The fourth-order valence-corrected chi connectivity index (χ4v) is 2.50. The number of carbonyl (C=O) groups excluding carboxylic acids is 2. The van der Waals surface area contributed by atoms with E-state index in [1.54, 1.807) is 0 Å². The van der Waals surface area contributed by atoms with Crippen LogP contribution < -0.4 is 0 Å². The van der Waals surface area contributed by atoms with Gasteiger partial charge in [0.2, 0.25) is 0 Å². The molecule has 1 fully saturated rings. The first kappa shape index (κ1) is 21.2. The van der Waals surface area contributed by atoms with E-state index in [0.717, 1.165) is 45.5 Å². The summed E-state index contributed by atoms with van der Waals surface area (Å²) in [5.41, 5.74) is 0. The average molecular weight is 344 g/mol. The largest absolute Gasteiger partial charge is 0.379 e. The molecule has 1 amide bonds. The Kier molecular flexibility index (Phi) is 11.1. The predicted molar refractivity (Wildman–Crippen MR) is 91.8 cm³/mol. The fraction of sp³-hybridized carbons (Fsp3) is 0.889. The third-order valence-corrected chi connectivity index (χ3v) is 4.24. The highest BCUT2D eigenvalue weighted by Crippen LogP contribution is 2.24. The van der Waals surface area contributed by atoms with Crippen LogP contribution in [0.3, 0.4) is 0 Å². The van der Waals surface area contributed by atoms with Gasteiger partial charge in [0.15, 0.2) is 0 Å². The van der Waals surface area contributed by atoms with Crippen LogP contribution in [0, 0.1) is 0 Å². The van der Waals surface area contributed by atoms with E-state index in [0.29, 0.717) is 50.4 Å². The number of quaternary nitrogens is 1. The molecule has 6 heteroatoms. The Morgan fingerprint density at radius 1 is 0.833 bits per heavy atom. The first-order valence-corrected chi connectivity index (χ1v) is 9.23. The summed E-state index contributed by atoms with van der Waals surface area (Å²) in [5.74, 6) is 0.291. The van der Waals surface area contributed by atoms with Gasteiger partial charge in [0.1, 0.15) is 18.9 Å². The van der Waals surface area contributed by atoms with Crippen LogP contribution in [0.2, 0.25) is 0 Å². The average Bonchev–Trinajstić information content (AvgIpc) is 3.34. The molecular weight excluding hydrogens is 310 g/mol. The van der Waals surface area contributed by atoms with Gasteiger partial charge in [0.25, 0.3) is 0 Å². The molecule has 0 unspecified atom stereocenters. The zero-order chi connectivity index (χ0) is 17.7. The summed E-state index contributed by atoms with van der Waals surface area (Å²) in [4.78, 5) is 23.1. The highest BCUT2D eigenvalue weighted by Gasteiger charge is 2.48. The highest BCUT2D eigenvalue weighted by atomic mass is 16.5. The van der Waals surface area contributed by atoms with Crippen molar-refractivity contribution in [2.75, 3.05) is 59.3 Å². The molecule has 0 aromatic carbocycles. The SMILES string of the molecule is CCCCOCCOCCOCCC[N+]1(C(=O)CCC(C)=O)CC1. The molecule has 1 heterocycles. The monoisotopic (exact) mass is 344 g/mol. The van der Waals surface area contributed by atoms with E-state index >= 15 is 0 Å². The second-order valence-corrected chi connectivity index (χ2v) is 6.46. The standard InChI is InChI=1S/C18H34NO5/c1-3-4-11-22-13-15-24-16-14-23-12-5-8-19(9-10-19)18(21)7-6-17(2)20/h3-16H2,1-2H3/q+1. The van der Waals surface area contributed by atoms with Crippen molar-refractivity contribution in [3.63, 3.8) is 0 Å². The maximum absolute atomic E-state index is 12.1. The number of ether oxygens (including phenoxy) is 3. The summed E-state index contributed by atoms with van der Waals surface area (Å²) in [6.07, 6.45) is 3.86. The lowest BCUT2D eigenvalue weighted by Gasteiger charge is -2.15. The predicted octanol–water partition coefficient (Wildman–Crippen LogP) is 1.95. The van der Waals surface area contributed by atoms with Crippen LogP contribution in [-0.2, 0) is 23.8 Å². The molecule has 140 valence electrons. The van der Waals surface area contributed by atoms with Gasteiger partial charge in [-0.2, -0.15) is 0 Å². The molecule has 0 aromatic rings. The Morgan fingerprint density at radius 2 is 1.38 bits per heavy atom. The second-order valence-electron chi connectivity index (χ2n) is 6.46. The molecule has 1 rings (SSSR count). The van der Waals surface area contributed by atoms with Crippen LogP contribution >= 0.6 is 0 Å². The quantitative estimate of drug-likeness (QED) is 0.243. The lowest BCUT2D eigenvalue weighted by atomic mass is 10.2. The summed E-state index contributed by atoms with van der Waals surface area (Å²) in [6, 6.07) is 0. The van der Waals surface area contributed by atoms with Crippen molar-refractivity contribution >= 4 is 11.7 Å². The lowest BCUT2D eigenvalue weighted by Crippen LogP contribution is -2.35. The minimum Gasteiger partial charge on any atom is -0.379 e. The van der Waals surface area contributed by atoms with E-state index in [4.69, 9.17) is 14.2 Å². The van der Waals surface area contributed by atoms with Crippen molar-refractivity contribution < 1.29 is 28.3 Å². The van der Waals surface area contributed by atoms with E-state index in [2.05, 4.69) is 6.92 Å². The van der Waals surface area contributed by atoms with Crippen molar-refractivity contribution in [3.05, 3.63) is 0 Å². The van der Waals surface area contributed by atoms with Crippen LogP contribution in [0.15, 0.2) is 0 Å². The van der Waals surface area contributed by atoms with E-state index < -0.39 is 0 Å². The third kappa shape index (κ3) is 9.47. The van der Waals surface area contributed by atoms with Crippen LogP contribution in [0.25, 0.3) is 0 Å². The van der Waals surface area contributed by atoms with Gasteiger partial charge >= 0.3 is 5.91 Å². The maximum atomic E-state index is 12.1. The smallest absolute Gasteiger partial charge is 0.314 e. The molecule has 0 N–H and O–H groups in total. The molecule has 0 spiro atoms. The molecule has 1 saturated heterocycles. The van der Waals surface area contributed by atoms with E-state index in [1.165, 1.54) is 6.92 Å². The highest BCUT2D eigenvalue weighted by molar-refractivity contribution is 5.81. The Morgan fingerprint density at radius 3 is 1.88 bits per heavy atom. The third-order valence-electron chi connectivity index (χ3n) is 4.24. The minimum absolute atomic E-state index is 0.0856. The summed E-state index contributed by atoms with van der Waals surface area (Å²) in [7, 11) is 0. The molecule has 0 aliphatic carbocycles. The number of carbonyl (C=O) groups is 2. The number of nitrogens with zero attached hydrogens (tertiary/aromatic N) is 1. The van der Waals surface area contributed by atoms with Crippen LogP contribution in [0.1, 0.15) is 46.0 Å². The first-order chi connectivity index (χ1) is 11.6. The Hall–Kier alpha value is -0.820. The second kappa shape index (κ2) is 12.5. The van der Waals surface area contributed by atoms with Gasteiger partial charge in [-0.3, -0.25) is 4.48 Å². The normalized spacial score (nSPS) is 15.4. The number of amides is 1. The Bertz CT molecular complexity index is 368. The molecule has 1 aliphatic rings. The molecule has 0 radical (unpaired) electrons. The summed E-state index contributed by atoms with van der Waals surface area (Å²) in [6.45, 7) is 10.2. The number of hydrogen-bond donors (Lipinski definition) is 0. The number of Topliss-reactive ketones (excluding diaryl/α,β-unsaturated/α-hetero) is 1. The molecule has 0 bridgehead atoms. The van der Waals surface area contributed by atoms with E-state index in [9.17, 15) is 9.59 Å².